The van der Waals surface area contributed by atoms with Crippen LogP contribution in [0.5, 0.6) is 0 Å². The summed E-state index contributed by atoms with van der Waals surface area (Å²) < 4.78 is 8.11. The number of hydrogen-bond acceptors (Lipinski definition) is 5. The first kappa shape index (κ1) is 15.9. The van der Waals surface area contributed by atoms with Crippen LogP contribution in [0.1, 0.15) is 19.8 Å². The lowest BCUT2D eigenvalue weighted by Gasteiger charge is -2.11. The number of rotatable bonds is 5. The number of carboxylic acids is 1. The summed E-state index contributed by atoms with van der Waals surface area (Å²) in [5, 5.41) is 12.0. The number of amides is 1. The van der Waals surface area contributed by atoms with Crippen molar-refractivity contribution in [2.24, 2.45) is 5.92 Å². The predicted octanol–water partition coefficient (Wildman–Crippen LogP) is 3.44. The van der Waals surface area contributed by atoms with Gasteiger partial charge in [0.15, 0.2) is 0 Å². The lowest BCUT2D eigenvalue weighted by Crippen LogP contribution is -2.17. The van der Waals surface area contributed by atoms with Gasteiger partial charge in [0.1, 0.15) is 11.0 Å². The van der Waals surface area contributed by atoms with Gasteiger partial charge in [0.25, 0.3) is 0 Å². The van der Waals surface area contributed by atoms with Crippen LogP contribution in [0.2, 0.25) is 10.0 Å². The van der Waals surface area contributed by atoms with E-state index in [9.17, 15) is 9.59 Å². The van der Waals surface area contributed by atoms with E-state index in [2.05, 4.69) is 14.1 Å². The summed E-state index contributed by atoms with van der Waals surface area (Å²) in [6.45, 7) is 1.69. The molecule has 0 aliphatic heterocycles. The number of hydrogen-bond donors (Lipinski definition) is 2. The number of anilines is 1. The first-order valence-corrected chi connectivity index (χ1v) is 7.49. The van der Waals surface area contributed by atoms with E-state index >= 15 is 0 Å². The molecule has 1 unspecified atom stereocenters. The minimum atomic E-state index is -0.939. The number of nitrogens with zero attached hydrogens (tertiary/aromatic N) is 2. The quantitative estimate of drug-likeness (QED) is 0.864. The average molecular weight is 348 g/mol. The standard InChI is InChI=1S/C12H11Cl2N3O3S/c1-5(3-9(19)20)2-8(18)15-10-6(13)4-7(14)11-12(10)17-21-16-11/h4-5H,2-3H2,1H3,(H,15,18)(H,19,20). The zero-order valence-electron chi connectivity index (χ0n) is 10.9. The monoisotopic (exact) mass is 347 g/mol. The summed E-state index contributed by atoms with van der Waals surface area (Å²) in [6, 6.07) is 1.49. The summed E-state index contributed by atoms with van der Waals surface area (Å²) in [5.41, 5.74) is 1.24. The maximum Gasteiger partial charge on any atom is 0.303 e. The Morgan fingerprint density at radius 2 is 1.95 bits per heavy atom. The summed E-state index contributed by atoms with van der Waals surface area (Å²) in [4.78, 5) is 22.6. The molecule has 112 valence electrons. The summed E-state index contributed by atoms with van der Waals surface area (Å²) >= 11 is 13.0. The average Bonchev–Trinajstić information content (AvgIpc) is 2.82. The minimum Gasteiger partial charge on any atom is -0.481 e. The Kier molecular flexibility index (Phi) is 4.97. The fourth-order valence-corrected chi connectivity index (χ4v) is 3.03. The Morgan fingerprint density at radius 1 is 1.29 bits per heavy atom. The van der Waals surface area contributed by atoms with Crippen LogP contribution in [0.15, 0.2) is 6.07 Å². The van der Waals surface area contributed by atoms with E-state index in [0.717, 1.165) is 11.7 Å². The molecule has 0 saturated heterocycles. The van der Waals surface area contributed by atoms with Gasteiger partial charge in [-0.3, -0.25) is 9.59 Å². The molecule has 0 aliphatic rings. The van der Waals surface area contributed by atoms with Crippen LogP contribution < -0.4 is 5.32 Å². The van der Waals surface area contributed by atoms with Crippen LogP contribution in [0.25, 0.3) is 11.0 Å². The Bertz CT molecular complexity index is 704. The fourth-order valence-electron chi connectivity index (χ4n) is 1.87. The molecule has 1 atom stereocenters. The second-order valence-corrected chi connectivity index (χ2v) is 5.97. The van der Waals surface area contributed by atoms with Crippen LogP contribution in [0.3, 0.4) is 0 Å². The first-order valence-electron chi connectivity index (χ1n) is 6.00. The smallest absolute Gasteiger partial charge is 0.303 e. The van der Waals surface area contributed by atoms with Crippen molar-refractivity contribution in [2.45, 2.75) is 19.8 Å². The molecule has 6 nitrogen and oxygen atoms in total. The third kappa shape index (κ3) is 3.81. The zero-order chi connectivity index (χ0) is 15.6. The second-order valence-electron chi connectivity index (χ2n) is 4.63. The molecule has 9 heteroatoms. The van der Waals surface area contributed by atoms with Gasteiger partial charge in [-0.15, -0.1) is 0 Å². The third-order valence-electron chi connectivity index (χ3n) is 2.77. The van der Waals surface area contributed by atoms with Crippen molar-refractivity contribution in [1.29, 1.82) is 0 Å². The summed E-state index contributed by atoms with van der Waals surface area (Å²) in [5.74, 6) is -1.55. The number of aromatic nitrogens is 2. The number of carboxylic acid groups (broad SMARTS) is 1. The Labute approximate surface area is 134 Å². The van der Waals surface area contributed by atoms with Gasteiger partial charge < -0.3 is 10.4 Å². The van der Waals surface area contributed by atoms with Crippen LogP contribution in [-0.4, -0.2) is 25.7 Å². The molecule has 2 aromatic rings. The van der Waals surface area contributed by atoms with Crippen molar-refractivity contribution in [1.82, 2.24) is 8.75 Å². The molecule has 1 aromatic carbocycles. The van der Waals surface area contributed by atoms with Crippen LogP contribution >= 0.6 is 34.9 Å². The number of carbonyl (C=O) groups is 2. The van der Waals surface area contributed by atoms with Gasteiger partial charge in [-0.25, -0.2) is 0 Å². The summed E-state index contributed by atoms with van der Waals surface area (Å²) in [6.07, 6.45) is -0.000246. The van der Waals surface area contributed by atoms with E-state index in [0.29, 0.717) is 21.7 Å². The molecular weight excluding hydrogens is 337 g/mol. The van der Waals surface area contributed by atoms with Gasteiger partial charge in [-0.2, -0.15) is 8.75 Å². The van der Waals surface area contributed by atoms with Gasteiger partial charge in [0.05, 0.1) is 27.5 Å². The Morgan fingerprint density at radius 3 is 2.62 bits per heavy atom. The molecule has 0 spiro atoms. The largest absolute Gasteiger partial charge is 0.481 e. The van der Waals surface area contributed by atoms with E-state index in [4.69, 9.17) is 28.3 Å². The lowest BCUT2D eigenvalue weighted by atomic mass is 10.0. The second kappa shape index (κ2) is 6.55. The third-order valence-corrected chi connectivity index (χ3v) is 3.88. The Hall–Kier alpha value is -1.44. The molecule has 1 heterocycles. The number of aliphatic carboxylic acids is 1. The Balaban J connectivity index is 2.18. The molecule has 0 saturated carbocycles. The van der Waals surface area contributed by atoms with Crippen molar-refractivity contribution in [2.75, 3.05) is 5.32 Å². The highest BCUT2D eigenvalue weighted by atomic mass is 35.5. The van der Waals surface area contributed by atoms with Crippen molar-refractivity contribution in [3.05, 3.63) is 16.1 Å². The maximum atomic E-state index is 12.0. The molecule has 2 N–H and O–H groups in total. The topological polar surface area (TPSA) is 92.2 Å². The first-order chi connectivity index (χ1) is 9.88. The van der Waals surface area contributed by atoms with Crippen molar-refractivity contribution >= 4 is 63.5 Å². The number of benzene rings is 1. The predicted molar refractivity (Wildman–Crippen MR) is 82.1 cm³/mol. The molecule has 1 amide bonds. The fraction of sp³-hybridized carbons (Fsp3) is 0.333. The van der Waals surface area contributed by atoms with E-state index in [-0.39, 0.29) is 29.7 Å². The minimum absolute atomic E-state index is 0.0737. The number of nitrogens with one attached hydrogen (secondary N) is 1. The van der Waals surface area contributed by atoms with Gasteiger partial charge in [0.2, 0.25) is 5.91 Å². The van der Waals surface area contributed by atoms with Crippen molar-refractivity contribution in [3.8, 4) is 0 Å². The molecule has 1 aromatic heterocycles. The van der Waals surface area contributed by atoms with E-state index < -0.39 is 5.97 Å². The molecule has 0 fully saturated rings. The van der Waals surface area contributed by atoms with E-state index in [1.807, 2.05) is 0 Å². The normalized spacial score (nSPS) is 12.3. The van der Waals surface area contributed by atoms with Crippen LogP contribution in [0.4, 0.5) is 5.69 Å². The van der Waals surface area contributed by atoms with Crippen LogP contribution in [-0.2, 0) is 9.59 Å². The molecule has 21 heavy (non-hydrogen) atoms. The SMILES string of the molecule is CC(CC(=O)O)CC(=O)Nc1c(Cl)cc(Cl)c2nsnc12. The van der Waals surface area contributed by atoms with Crippen molar-refractivity contribution in [3.63, 3.8) is 0 Å². The van der Waals surface area contributed by atoms with Gasteiger partial charge in [-0.05, 0) is 12.0 Å². The lowest BCUT2D eigenvalue weighted by molar-refractivity contribution is -0.138. The number of fused-ring (bicyclic) bond motifs is 1. The van der Waals surface area contributed by atoms with Gasteiger partial charge >= 0.3 is 5.97 Å². The highest BCUT2D eigenvalue weighted by molar-refractivity contribution is 7.00. The van der Waals surface area contributed by atoms with Gasteiger partial charge in [0, 0.05) is 12.8 Å². The van der Waals surface area contributed by atoms with E-state index in [1.54, 1.807) is 6.92 Å². The van der Waals surface area contributed by atoms with E-state index in [1.165, 1.54) is 6.07 Å². The molecule has 2 rings (SSSR count). The number of carbonyl (C=O) groups excluding carboxylic acids is 1. The highest BCUT2D eigenvalue weighted by Crippen LogP contribution is 2.35. The number of halogens is 2. The summed E-state index contributed by atoms with van der Waals surface area (Å²) in [7, 11) is 0. The molecule has 0 radical (unpaired) electrons. The maximum absolute atomic E-state index is 12.0. The van der Waals surface area contributed by atoms with Crippen molar-refractivity contribution < 1.29 is 14.7 Å². The van der Waals surface area contributed by atoms with Crippen LogP contribution in [0, 0.1) is 5.92 Å². The molecule has 0 aliphatic carbocycles. The highest BCUT2D eigenvalue weighted by Gasteiger charge is 2.18. The zero-order valence-corrected chi connectivity index (χ0v) is 13.2. The van der Waals surface area contributed by atoms with Gasteiger partial charge in [-0.1, -0.05) is 30.1 Å². The molecule has 0 bridgehead atoms. The molecular formula is C12H11Cl2N3O3S.